The van der Waals surface area contributed by atoms with Crippen LogP contribution in [0, 0.1) is 0 Å². The molecule has 0 spiro atoms. The summed E-state index contributed by atoms with van der Waals surface area (Å²) < 4.78 is 1.62. The molecule has 1 heterocycles. The second-order valence-corrected chi connectivity index (χ2v) is 2.89. The van der Waals surface area contributed by atoms with E-state index in [0.29, 0.717) is 0 Å². The molecule has 62 valence electrons. The zero-order valence-corrected chi connectivity index (χ0v) is 7.20. The molecule has 0 saturated heterocycles. The minimum atomic E-state index is 0.232. The molecule has 3 nitrogen and oxygen atoms in total. The van der Waals surface area contributed by atoms with Gasteiger partial charge in [-0.05, 0) is 20.3 Å². The highest BCUT2D eigenvalue weighted by atomic mass is 16.3. The molecule has 1 aromatic heterocycles. The van der Waals surface area contributed by atoms with E-state index in [0.717, 1.165) is 12.1 Å². The van der Waals surface area contributed by atoms with E-state index in [2.05, 4.69) is 5.10 Å². The van der Waals surface area contributed by atoms with Crippen molar-refractivity contribution in [2.75, 3.05) is 0 Å². The summed E-state index contributed by atoms with van der Waals surface area (Å²) in [5.74, 6) is 0.261. The third-order valence-corrected chi connectivity index (χ3v) is 1.62. The molecule has 0 radical (unpaired) electrons. The van der Waals surface area contributed by atoms with Crippen LogP contribution in [0.15, 0.2) is 6.07 Å². The van der Waals surface area contributed by atoms with Crippen LogP contribution in [-0.2, 0) is 6.42 Å². The lowest BCUT2D eigenvalue weighted by Crippen LogP contribution is -2.02. The molecule has 0 unspecified atom stereocenters. The summed E-state index contributed by atoms with van der Waals surface area (Å²) in [6, 6.07) is 1.94. The maximum absolute atomic E-state index is 9.33. The van der Waals surface area contributed by atoms with Crippen molar-refractivity contribution in [3.05, 3.63) is 11.8 Å². The average molecular weight is 154 g/mol. The largest absolute Gasteiger partial charge is 0.493 e. The molecule has 11 heavy (non-hydrogen) atoms. The van der Waals surface area contributed by atoms with Crippen LogP contribution < -0.4 is 0 Å². The summed E-state index contributed by atoms with van der Waals surface area (Å²) in [5, 5.41) is 13.5. The topological polar surface area (TPSA) is 38.0 Å². The van der Waals surface area contributed by atoms with Gasteiger partial charge in [-0.25, -0.2) is 4.68 Å². The van der Waals surface area contributed by atoms with Gasteiger partial charge in [0.25, 0.3) is 0 Å². The van der Waals surface area contributed by atoms with Crippen molar-refractivity contribution in [1.29, 1.82) is 0 Å². The Bertz CT molecular complexity index is 240. The number of nitrogens with zero attached hydrogens (tertiary/aromatic N) is 2. The molecule has 1 rings (SSSR count). The minimum Gasteiger partial charge on any atom is -0.493 e. The SMILES string of the molecule is CCc1cc(O)n(C(C)C)n1. The second kappa shape index (κ2) is 2.95. The number of rotatable bonds is 2. The highest BCUT2D eigenvalue weighted by molar-refractivity contribution is 5.14. The van der Waals surface area contributed by atoms with Gasteiger partial charge in [0.05, 0.1) is 11.7 Å². The van der Waals surface area contributed by atoms with E-state index in [9.17, 15) is 5.11 Å². The molecule has 0 atom stereocenters. The minimum absolute atomic E-state index is 0.232. The number of hydrogen-bond acceptors (Lipinski definition) is 2. The third-order valence-electron chi connectivity index (χ3n) is 1.62. The third kappa shape index (κ3) is 1.53. The zero-order chi connectivity index (χ0) is 8.43. The Kier molecular flexibility index (Phi) is 2.17. The van der Waals surface area contributed by atoms with Crippen molar-refractivity contribution >= 4 is 0 Å². The van der Waals surface area contributed by atoms with E-state index >= 15 is 0 Å². The summed E-state index contributed by atoms with van der Waals surface area (Å²) in [5.41, 5.74) is 0.941. The standard InChI is InChI=1S/C8H14N2O/c1-4-7-5-8(11)10(9-7)6(2)3/h5-6,11H,4H2,1-3H3. The predicted octanol–water partition coefficient (Wildman–Crippen LogP) is 1.73. The Labute approximate surface area is 66.7 Å². The van der Waals surface area contributed by atoms with Crippen LogP contribution in [0.4, 0.5) is 0 Å². The number of hydrogen-bond donors (Lipinski definition) is 1. The lowest BCUT2D eigenvalue weighted by atomic mass is 10.3. The summed E-state index contributed by atoms with van der Waals surface area (Å²) in [4.78, 5) is 0. The van der Waals surface area contributed by atoms with Gasteiger partial charge in [0.1, 0.15) is 0 Å². The molecule has 0 saturated carbocycles. The lowest BCUT2D eigenvalue weighted by molar-refractivity contribution is 0.377. The quantitative estimate of drug-likeness (QED) is 0.704. The maximum Gasteiger partial charge on any atom is 0.209 e. The number of aromatic hydroxyl groups is 1. The van der Waals surface area contributed by atoms with Gasteiger partial charge in [0.2, 0.25) is 5.88 Å². The second-order valence-electron chi connectivity index (χ2n) is 2.89. The fraction of sp³-hybridized carbons (Fsp3) is 0.625. The summed E-state index contributed by atoms with van der Waals surface area (Å²) in [6.07, 6.45) is 0.868. The molecule has 0 aromatic carbocycles. The molecular weight excluding hydrogens is 140 g/mol. The van der Waals surface area contributed by atoms with Crippen LogP contribution in [0.25, 0.3) is 0 Å². The highest BCUT2D eigenvalue weighted by Crippen LogP contribution is 2.16. The van der Waals surface area contributed by atoms with Crippen LogP contribution >= 0.6 is 0 Å². The van der Waals surface area contributed by atoms with Crippen LogP contribution in [0.5, 0.6) is 5.88 Å². The van der Waals surface area contributed by atoms with Crippen molar-refractivity contribution in [3.63, 3.8) is 0 Å². The Morgan fingerprint density at radius 2 is 2.27 bits per heavy atom. The van der Waals surface area contributed by atoms with Crippen molar-refractivity contribution in [1.82, 2.24) is 9.78 Å². The van der Waals surface area contributed by atoms with E-state index < -0.39 is 0 Å². The van der Waals surface area contributed by atoms with Crippen LogP contribution in [0.3, 0.4) is 0 Å². The molecule has 0 aliphatic carbocycles. The Morgan fingerprint density at radius 1 is 1.64 bits per heavy atom. The summed E-state index contributed by atoms with van der Waals surface area (Å²) in [6.45, 7) is 6.00. The molecule has 0 aliphatic heterocycles. The van der Waals surface area contributed by atoms with Crippen molar-refractivity contribution < 1.29 is 5.11 Å². The van der Waals surface area contributed by atoms with Crippen molar-refractivity contribution in [3.8, 4) is 5.88 Å². The molecule has 1 aromatic rings. The highest BCUT2D eigenvalue weighted by Gasteiger charge is 2.06. The van der Waals surface area contributed by atoms with Gasteiger partial charge in [-0.2, -0.15) is 5.10 Å². The first-order chi connectivity index (χ1) is 5.15. The summed E-state index contributed by atoms with van der Waals surface area (Å²) >= 11 is 0. The number of aromatic nitrogens is 2. The Hall–Kier alpha value is -0.990. The molecule has 1 N–H and O–H groups in total. The molecule has 3 heteroatoms. The van der Waals surface area contributed by atoms with Gasteiger partial charge in [-0.15, -0.1) is 0 Å². The summed E-state index contributed by atoms with van der Waals surface area (Å²) in [7, 11) is 0. The van der Waals surface area contributed by atoms with E-state index in [1.54, 1.807) is 10.7 Å². The van der Waals surface area contributed by atoms with Gasteiger partial charge in [0.15, 0.2) is 0 Å². The maximum atomic E-state index is 9.33. The fourth-order valence-corrected chi connectivity index (χ4v) is 0.986. The van der Waals surface area contributed by atoms with Gasteiger partial charge >= 0.3 is 0 Å². The van der Waals surface area contributed by atoms with E-state index in [-0.39, 0.29) is 11.9 Å². The monoisotopic (exact) mass is 154 g/mol. The first kappa shape index (κ1) is 8.11. The average Bonchev–Trinajstić information content (AvgIpc) is 2.30. The molecule has 0 bridgehead atoms. The van der Waals surface area contributed by atoms with E-state index in [1.165, 1.54) is 0 Å². The van der Waals surface area contributed by atoms with Crippen molar-refractivity contribution in [2.45, 2.75) is 33.2 Å². The van der Waals surface area contributed by atoms with E-state index in [1.807, 2.05) is 20.8 Å². The number of aryl methyl sites for hydroxylation is 1. The Balaban J connectivity index is 2.97. The molecular formula is C8H14N2O. The first-order valence-electron chi connectivity index (χ1n) is 3.92. The van der Waals surface area contributed by atoms with Gasteiger partial charge in [-0.1, -0.05) is 6.92 Å². The first-order valence-corrected chi connectivity index (χ1v) is 3.92. The zero-order valence-electron chi connectivity index (χ0n) is 7.20. The van der Waals surface area contributed by atoms with Gasteiger partial charge < -0.3 is 5.11 Å². The predicted molar refractivity (Wildman–Crippen MR) is 43.7 cm³/mol. The molecule has 0 fully saturated rings. The smallest absolute Gasteiger partial charge is 0.209 e. The van der Waals surface area contributed by atoms with Crippen LogP contribution in [0.2, 0.25) is 0 Å². The lowest BCUT2D eigenvalue weighted by Gasteiger charge is -2.05. The van der Waals surface area contributed by atoms with Crippen molar-refractivity contribution in [2.24, 2.45) is 0 Å². The normalized spacial score (nSPS) is 10.9. The fourth-order valence-electron chi connectivity index (χ4n) is 0.986. The van der Waals surface area contributed by atoms with Crippen LogP contribution in [0.1, 0.15) is 32.5 Å². The van der Waals surface area contributed by atoms with E-state index in [4.69, 9.17) is 0 Å². The molecule has 0 amide bonds. The molecule has 0 aliphatic rings. The Morgan fingerprint density at radius 3 is 2.55 bits per heavy atom. The van der Waals surface area contributed by atoms with Crippen LogP contribution in [-0.4, -0.2) is 14.9 Å². The van der Waals surface area contributed by atoms with Gasteiger partial charge in [0, 0.05) is 6.07 Å². The van der Waals surface area contributed by atoms with Gasteiger partial charge in [-0.3, -0.25) is 0 Å².